The smallest absolute Gasteiger partial charge is 0.123 e. The Labute approximate surface area is 132 Å². The van der Waals surface area contributed by atoms with Gasteiger partial charge in [-0.2, -0.15) is 0 Å². The lowest BCUT2D eigenvalue weighted by molar-refractivity contribution is 0.241. The molecular weight excluding hydrogens is 272 g/mol. The van der Waals surface area contributed by atoms with E-state index in [0.29, 0.717) is 6.61 Å². The van der Waals surface area contributed by atoms with Crippen LogP contribution in [0, 0.1) is 0 Å². The summed E-state index contributed by atoms with van der Waals surface area (Å²) in [4.78, 5) is 2.52. The zero-order chi connectivity index (χ0) is 15.0. The van der Waals surface area contributed by atoms with Crippen molar-refractivity contribution in [1.29, 1.82) is 0 Å². The van der Waals surface area contributed by atoms with Gasteiger partial charge in [-0.15, -0.1) is 0 Å². The molecule has 0 amide bonds. The molecule has 2 aromatic carbocycles. The molecular formula is C19H24N2O. The van der Waals surface area contributed by atoms with Crippen LogP contribution in [0.25, 0.3) is 0 Å². The summed E-state index contributed by atoms with van der Waals surface area (Å²) in [5.74, 6) is 1.02. The Morgan fingerprint density at radius 1 is 0.909 bits per heavy atom. The molecule has 0 spiro atoms. The van der Waals surface area contributed by atoms with Gasteiger partial charge >= 0.3 is 0 Å². The second-order valence-corrected chi connectivity index (χ2v) is 5.72. The lowest BCUT2D eigenvalue weighted by atomic mass is 10.1. The number of piperazine rings is 1. The topological polar surface area (TPSA) is 24.5 Å². The summed E-state index contributed by atoms with van der Waals surface area (Å²) < 4.78 is 6.03. The van der Waals surface area contributed by atoms with Gasteiger partial charge in [-0.05, 0) is 23.6 Å². The first-order chi connectivity index (χ1) is 10.9. The van der Waals surface area contributed by atoms with Crippen LogP contribution in [0.4, 0.5) is 0 Å². The summed E-state index contributed by atoms with van der Waals surface area (Å²) in [6, 6.07) is 18.7. The number of hydrogen-bond donors (Lipinski definition) is 1. The largest absolute Gasteiger partial charge is 0.489 e. The summed E-state index contributed by atoms with van der Waals surface area (Å²) in [5.41, 5.74) is 2.51. The molecule has 0 aromatic heterocycles. The number of benzene rings is 2. The normalized spacial score (nSPS) is 15.6. The van der Waals surface area contributed by atoms with E-state index < -0.39 is 0 Å². The number of ether oxygens (including phenoxy) is 1. The lowest BCUT2D eigenvalue weighted by Crippen LogP contribution is -2.44. The van der Waals surface area contributed by atoms with Crippen molar-refractivity contribution in [3.05, 3.63) is 65.7 Å². The number of rotatable bonds is 6. The molecule has 1 N–H and O–H groups in total. The molecule has 3 heteroatoms. The van der Waals surface area contributed by atoms with Gasteiger partial charge in [-0.1, -0.05) is 48.5 Å². The van der Waals surface area contributed by atoms with Crippen molar-refractivity contribution in [1.82, 2.24) is 10.2 Å². The first-order valence-corrected chi connectivity index (χ1v) is 8.09. The molecule has 2 aromatic rings. The summed E-state index contributed by atoms with van der Waals surface area (Å²) in [6.07, 6.45) is 1.05. The number of hydrogen-bond acceptors (Lipinski definition) is 3. The zero-order valence-electron chi connectivity index (χ0n) is 13.0. The molecule has 3 rings (SSSR count). The summed E-state index contributed by atoms with van der Waals surface area (Å²) >= 11 is 0. The zero-order valence-corrected chi connectivity index (χ0v) is 13.0. The van der Waals surface area contributed by atoms with E-state index in [2.05, 4.69) is 58.7 Å². The van der Waals surface area contributed by atoms with E-state index in [1.807, 2.05) is 6.07 Å². The Balaban J connectivity index is 1.57. The highest BCUT2D eigenvalue weighted by Gasteiger charge is 2.10. The highest BCUT2D eigenvalue weighted by atomic mass is 16.5. The first kappa shape index (κ1) is 15.1. The summed E-state index contributed by atoms with van der Waals surface area (Å²) in [6.45, 7) is 6.23. The molecule has 22 heavy (non-hydrogen) atoms. The molecule has 0 radical (unpaired) electrons. The number of para-hydroxylation sites is 1. The van der Waals surface area contributed by atoms with Crippen molar-refractivity contribution in [3.8, 4) is 5.75 Å². The van der Waals surface area contributed by atoms with Crippen molar-refractivity contribution in [3.63, 3.8) is 0 Å². The molecule has 3 nitrogen and oxygen atoms in total. The third-order valence-electron chi connectivity index (χ3n) is 4.12. The van der Waals surface area contributed by atoms with Crippen LogP contribution >= 0.6 is 0 Å². The maximum Gasteiger partial charge on any atom is 0.123 e. The van der Waals surface area contributed by atoms with Gasteiger partial charge in [0.25, 0.3) is 0 Å². The fraction of sp³-hybridized carbons (Fsp3) is 0.368. The van der Waals surface area contributed by atoms with Gasteiger partial charge in [-0.3, -0.25) is 0 Å². The van der Waals surface area contributed by atoms with Crippen LogP contribution in [-0.2, 0) is 13.0 Å². The Morgan fingerprint density at radius 2 is 1.64 bits per heavy atom. The molecule has 1 aliphatic rings. The minimum absolute atomic E-state index is 0.630. The number of nitrogens with zero attached hydrogens (tertiary/aromatic N) is 1. The van der Waals surface area contributed by atoms with Gasteiger partial charge in [0.2, 0.25) is 0 Å². The van der Waals surface area contributed by atoms with Gasteiger partial charge in [0.15, 0.2) is 0 Å². The second kappa shape index (κ2) is 7.97. The molecule has 0 bridgehead atoms. The second-order valence-electron chi connectivity index (χ2n) is 5.72. The molecule has 1 saturated heterocycles. The lowest BCUT2D eigenvalue weighted by Gasteiger charge is -2.27. The highest BCUT2D eigenvalue weighted by Crippen LogP contribution is 2.20. The fourth-order valence-electron chi connectivity index (χ4n) is 2.80. The van der Waals surface area contributed by atoms with Crippen LogP contribution in [0.3, 0.4) is 0 Å². The van der Waals surface area contributed by atoms with Crippen molar-refractivity contribution in [2.24, 2.45) is 0 Å². The van der Waals surface area contributed by atoms with Gasteiger partial charge < -0.3 is 15.0 Å². The monoisotopic (exact) mass is 296 g/mol. The average Bonchev–Trinajstić information content (AvgIpc) is 2.61. The van der Waals surface area contributed by atoms with E-state index in [1.165, 1.54) is 11.1 Å². The fourth-order valence-corrected chi connectivity index (χ4v) is 2.80. The Morgan fingerprint density at radius 3 is 2.45 bits per heavy atom. The van der Waals surface area contributed by atoms with E-state index in [9.17, 15) is 0 Å². The van der Waals surface area contributed by atoms with Crippen LogP contribution in [0.5, 0.6) is 5.75 Å². The Hall–Kier alpha value is -1.84. The number of nitrogens with one attached hydrogen (secondary N) is 1. The maximum atomic E-state index is 6.03. The molecule has 0 saturated carbocycles. The van der Waals surface area contributed by atoms with Crippen LogP contribution in [0.15, 0.2) is 54.6 Å². The minimum Gasteiger partial charge on any atom is -0.489 e. The van der Waals surface area contributed by atoms with Gasteiger partial charge in [-0.25, -0.2) is 0 Å². The van der Waals surface area contributed by atoms with Crippen LogP contribution in [0.2, 0.25) is 0 Å². The minimum atomic E-state index is 0.630. The van der Waals surface area contributed by atoms with E-state index >= 15 is 0 Å². The van der Waals surface area contributed by atoms with Gasteiger partial charge in [0, 0.05) is 32.7 Å². The van der Waals surface area contributed by atoms with Crippen LogP contribution in [-0.4, -0.2) is 37.6 Å². The van der Waals surface area contributed by atoms with E-state index in [1.54, 1.807) is 0 Å². The van der Waals surface area contributed by atoms with Crippen LogP contribution < -0.4 is 10.1 Å². The van der Waals surface area contributed by atoms with Gasteiger partial charge in [0.05, 0.1) is 0 Å². The predicted octanol–water partition coefficient (Wildman–Crippen LogP) is 2.71. The van der Waals surface area contributed by atoms with Crippen molar-refractivity contribution in [2.75, 3.05) is 32.7 Å². The van der Waals surface area contributed by atoms with Crippen molar-refractivity contribution < 1.29 is 4.74 Å². The standard InChI is InChI=1S/C19H24N2O/c1-2-6-17(7-3-1)16-22-19-9-5-4-8-18(19)10-13-21-14-11-20-12-15-21/h1-9,20H,10-16H2. The van der Waals surface area contributed by atoms with Crippen LogP contribution in [0.1, 0.15) is 11.1 Å². The molecule has 0 atom stereocenters. The molecule has 0 unspecified atom stereocenters. The van der Waals surface area contributed by atoms with Crippen molar-refractivity contribution >= 4 is 0 Å². The third kappa shape index (κ3) is 4.33. The maximum absolute atomic E-state index is 6.03. The van der Waals surface area contributed by atoms with E-state index in [0.717, 1.165) is 44.9 Å². The highest BCUT2D eigenvalue weighted by molar-refractivity contribution is 5.34. The molecule has 1 fully saturated rings. The molecule has 1 heterocycles. The quantitative estimate of drug-likeness (QED) is 0.887. The average molecular weight is 296 g/mol. The molecule has 0 aliphatic carbocycles. The summed E-state index contributed by atoms with van der Waals surface area (Å²) in [7, 11) is 0. The predicted molar refractivity (Wildman–Crippen MR) is 90.2 cm³/mol. The van der Waals surface area contributed by atoms with E-state index in [4.69, 9.17) is 4.74 Å². The Bertz CT molecular complexity index is 565. The summed E-state index contributed by atoms with van der Waals surface area (Å²) in [5, 5.41) is 3.40. The molecule has 116 valence electrons. The third-order valence-corrected chi connectivity index (χ3v) is 4.12. The molecule has 1 aliphatic heterocycles. The first-order valence-electron chi connectivity index (χ1n) is 8.09. The SMILES string of the molecule is c1ccc(COc2ccccc2CCN2CCNCC2)cc1. The van der Waals surface area contributed by atoms with Crippen molar-refractivity contribution in [2.45, 2.75) is 13.0 Å². The van der Waals surface area contributed by atoms with E-state index in [-0.39, 0.29) is 0 Å². The van der Waals surface area contributed by atoms with Gasteiger partial charge in [0.1, 0.15) is 12.4 Å². The Kier molecular flexibility index (Phi) is 5.46.